The Morgan fingerprint density at radius 2 is 0.812 bits per heavy atom. The summed E-state index contributed by atoms with van der Waals surface area (Å²) in [7, 11) is 0. The Morgan fingerprint density at radius 1 is 0.344 bits per heavy atom. The molecule has 0 unspecified atom stereocenters. The highest BCUT2D eigenvalue weighted by molar-refractivity contribution is 6.10. The molecule has 0 N–H and O–H groups in total. The van der Waals surface area contributed by atoms with Crippen LogP contribution in [-0.4, -0.2) is 0 Å². The van der Waals surface area contributed by atoms with Gasteiger partial charge in [0.2, 0.25) is 0 Å². The minimum absolute atomic E-state index is 0.00505. The van der Waals surface area contributed by atoms with Crippen molar-refractivity contribution >= 4 is 27.8 Å². The first-order chi connectivity index (χ1) is 30.8. The topological polar surface area (TPSA) is 3.24 Å². The highest BCUT2D eigenvalue weighted by Gasteiger charge is 2.38. The van der Waals surface area contributed by atoms with E-state index in [0.717, 1.165) is 11.4 Å². The molecular formula is C63H57N. The predicted octanol–water partition coefficient (Wildman–Crippen LogP) is 17.9. The Morgan fingerprint density at radius 3 is 1.47 bits per heavy atom. The molecule has 1 heteroatoms. The van der Waals surface area contributed by atoms with Gasteiger partial charge in [0, 0.05) is 22.1 Å². The van der Waals surface area contributed by atoms with E-state index in [-0.39, 0.29) is 16.2 Å². The predicted molar refractivity (Wildman–Crippen MR) is 275 cm³/mol. The van der Waals surface area contributed by atoms with Crippen LogP contribution in [0.1, 0.15) is 77.6 Å². The number of nitrogens with zero attached hydrogens (tertiary/aromatic N) is 1. The second-order valence-corrected chi connectivity index (χ2v) is 20.2. The standard InChI is InChI=1S/C63H57N/c1-61(2,3)47-39-46(40-48(41-47)62(4,5)6)50-28-18-23-45-24-19-29-52(59(45)50)51-26-14-17-33-57(51)64(58-34-20-31-55-60(58)53-27-12-15-30-54(53)63(55,7)8)56-32-16-13-25-49(56)44-37-35-43(36-38-44)42-21-10-9-11-22-42/h9-41H,1-8H3. The molecule has 9 aromatic carbocycles. The van der Waals surface area contributed by atoms with E-state index in [4.69, 9.17) is 0 Å². The van der Waals surface area contributed by atoms with Gasteiger partial charge in [-0.25, -0.2) is 0 Å². The van der Waals surface area contributed by atoms with Crippen LogP contribution in [0.5, 0.6) is 0 Å². The molecule has 0 heterocycles. The zero-order valence-corrected chi connectivity index (χ0v) is 38.5. The molecule has 9 aromatic rings. The van der Waals surface area contributed by atoms with Gasteiger partial charge in [-0.05, 0) is 101 Å². The number of para-hydroxylation sites is 2. The van der Waals surface area contributed by atoms with Crippen LogP contribution in [0.15, 0.2) is 200 Å². The summed E-state index contributed by atoms with van der Waals surface area (Å²) in [5.74, 6) is 0. The minimum Gasteiger partial charge on any atom is -0.309 e. The summed E-state index contributed by atoms with van der Waals surface area (Å²) in [6.45, 7) is 18.7. The molecule has 0 spiro atoms. The van der Waals surface area contributed by atoms with Crippen molar-refractivity contribution in [2.45, 2.75) is 71.6 Å². The monoisotopic (exact) mass is 827 g/mol. The summed E-state index contributed by atoms with van der Waals surface area (Å²) >= 11 is 0. The highest BCUT2D eigenvalue weighted by atomic mass is 15.2. The molecule has 1 aliphatic rings. The van der Waals surface area contributed by atoms with Crippen molar-refractivity contribution in [1.29, 1.82) is 0 Å². The van der Waals surface area contributed by atoms with Crippen LogP contribution in [0.4, 0.5) is 17.1 Å². The molecular weight excluding hydrogens is 771 g/mol. The molecule has 0 saturated heterocycles. The molecule has 1 aliphatic carbocycles. The molecule has 0 aliphatic heterocycles. The first-order valence-electron chi connectivity index (χ1n) is 22.8. The van der Waals surface area contributed by atoms with Crippen molar-refractivity contribution in [3.63, 3.8) is 0 Å². The van der Waals surface area contributed by atoms with E-state index in [1.165, 1.54) is 94.3 Å². The van der Waals surface area contributed by atoms with Crippen molar-refractivity contribution in [3.8, 4) is 55.6 Å². The van der Waals surface area contributed by atoms with Gasteiger partial charge in [-0.2, -0.15) is 0 Å². The summed E-state index contributed by atoms with van der Waals surface area (Å²) in [6, 6.07) is 74.7. The molecule has 64 heavy (non-hydrogen) atoms. The fourth-order valence-electron chi connectivity index (χ4n) is 10.0. The molecule has 0 amide bonds. The van der Waals surface area contributed by atoms with Crippen LogP contribution in [0.2, 0.25) is 0 Å². The van der Waals surface area contributed by atoms with Crippen LogP contribution >= 0.6 is 0 Å². The average Bonchev–Trinajstić information content (AvgIpc) is 3.55. The largest absolute Gasteiger partial charge is 0.309 e. The average molecular weight is 828 g/mol. The summed E-state index contributed by atoms with van der Waals surface area (Å²) in [5, 5.41) is 2.49. The lowest BCUT2D eigenvalue weighted by Gasteiger charge is -2.32. The summed E-state index contributed by atoms with van der Waals surface area (Å²) in [4.78, 5) is 2.56. The maximum Gasteiger partial charge on any atom is 0.0543 e. The van der Waals surface area contributed by atoms with Gasteiger partial charge in [-0.15, -0.1) is 0 Å². The minimum atomic E-state index is -0.155. The third-order valence-electron chi connectivity index (χ3n) is 13.6. The van der Waals surface area contributed by atoms with Crippen molar-refractivity contribution in [1.82, 2.24) is 0 Å². The molecule has 0 saturated carbocycles. The lowest BCUT2D eigenvalue weighted by atomic mass is 9.78. The smallest absolute Gasteiger partial charge is 0.0543 e. The van der Waals surface area contributed by atoms with E-state index in [1.54, 1.807) is 0 Å². The van der Waals surface area contributed by atoms with Crippen LogP contribution in [0.3, 0.4) is 0 Å². The lowest BCUT2D eigenvalue weighted by Crippen LogP contribution is -2.16. The number of benzene rings is 9. The van der Waals surface area contributed by atoms with Gasteiger partial charge < -0.3 is 4.90 Å². The van der Waals surface area contributed by atoms with Gasteiger partial charge in [0.1, 0.15) is 0 Å². The van der Waals surface area contributed by atoms with E-state index in [1.807, 2.05) is 0 Å². The van der Waals surface area contributed by atoms with E-state index >= 15 is 0 Å². The second kappa shape index (κ2) is 15.7. The Balaban J connectivity index is 1.25. The van der Waals surface area contributed by atoms with Crippen molar-refractivity contribution < 1.29 is 0 Å². The third kappa shape index (κ3) is 7.14. The van der Waals surface area contributed by atoms with Gasteiger partial charge in [-0.1, -0.05) is 237 Å². The van der Waals surface area contributed by atoms with Gasteiger partial charge in [0.15, 0.2) is 0 Å². The number of fused-ring (bicyclic) bond motifs is 4. The molecule has 0 radical (unpaired) electrons. The summed E-state index contributed by atoms with van der Waals surface area (Å²) < 4.78 is 0. The summed E-state index contributed by atoms with van der Waals surface area (Å²) in [5.41, 5.74) is 20.9. The van der Waals surface area contributed by atoms with Crippen molar-refractivity contribution in [2.75, 3.05) is 4.90 Å². The van der Waals surface area contributed by atoms with Gasteiger partial charge in [0.05, 0.1) is 17.1 Å². The number of rotatable bonds is 7. The summed E-state index contributed by atoms with van der Waals surface area (Å²) in [6.07, 6.45) is 0. The van der Waals surface area contributed by atoms with Crippen LogP contribution in [-0.2, 0) is 16.2 Å². The van der Waals surface area contributed by atoms with E-state index in [0.29, 0.717) is 0 Å². The maximum absolute atomic E-state index is 2.56. The van der Waals surface area contributed by atoms with Crippen molar-refractivity contribution in [3.05, 3.63) is 222 Å². The first kappa shape index (κ1) is 41.1. The molecule has 0 bridgehead atoms. The van der Waals surface area contributed by atoms with Crippen LogP contribution in [0, 0.1) is 0 Å². The van der Waals surface area contributed by atoms with Gasteiger partial charge in [0.25, 0.3) is 0 Å². The first-order valence-corrected chi connectivity index (χ1v) is 22.8. The van der Waals surface area contributed by atoms with E-state index in [2.05, 4.69) is 260 Å². The molecule has 0 fully saturated rings. The van der Waals surface area contributed by atoms with Crippen molar-refractivity contribution in [2.24, 2.45) is 0 Å². The Hall–Kier alpha value is -6.96. The van der Waals surface area contributed by atoms with Gasteiger partial charge >= 0.3 is 0 Å². The highest BCUT2D eigenvalue weighted by Crippen LogP contribution is 2.56. The normalized spacial score (nSPS) is 13.1. The number of hydrogen-bond donors (Lipinski definition) is 0. The van der Waals surface area contributed by atoms with Gasteiger partial charge in [-0.3, -0.25) is 0 Å². The second-order valence-electron chi connectivity index (χ2n) is 20.2. The zero-order valence-electron chi connectivity index (χ0n) is 38.5. The van der Waals surface area contributed by atoms with Crippen LogP contribution < -0.4 is 4.90 Å². The Kier molecular flexibility index (Phi) is 10.1. The lowest BCUT2D eigenvalue weighted by molar-refractivity contribution is 0.569. The fraction of sp³-hybridized carbons (Fsp3) is 0.175. The zero-order chi connectivity index (χ0) is 44.4. The number of hydrogen-bond acceptors (Lipinski definition) is 1. The number of anilines is 3. The third-order valence-corrected chi connectivity index (χ3v) is 13.6. The quantitative estimate of drug-likeness (QED) is 0.155. The molecule has 0 atom stereocenters. The molecule has 1 nitrogen and oxygen atoms in total. The SMILES string of the molecule is CC(C)(C)c1cc(-c2cccc3cccc(-c4ccccc4N(c4ccccc4-c4ccc(-c5ccccc5)cc4)c4cccc5c4-c4ccccc4C5(C)C)c23)cc(C(C)(C)C)c1. The fourth-order valence-corrected chi connectivity index (χ4v) is 10.0. The van der Waals surface area contributed by atoms with E-state index < -0.39 is 0 Å². The van der Waals surface area contributed by atoms with E-state index in [9.17, 15) is 0 Å². The Bertz CT molecular complexity index is 3150. The molecule has 0 aromatic heterocycles. The molecule has 314 valence electrons. The van der Waals surface area contributed by atoms with Crippen LogP contribution in [0.25, 0.3) is 66.4 Å². The maximum atomic E-state index is 2.56. The Labute approximate surface area is 380 Å². The molecule has 10 rings (SSSR count).